The number of nitrogens with one attached hydrogen (secondary N) is 1. The number of rotatable bonds is 5. The molecular weight excluding hydrogens is 385 g/mol. The Morgan fingerprint density at radius 3 is 2.67 bits per heavy atom. The summed E-state index contributed by atoms with van der Waals surface area (Å²) in [4.78, 5) is 40.5. The van der Waals surface area contributed by atoms with Crippen LogP contribution >= 0.6 is 0 Å². The Bertz CT molecular complexity index is 1060. The lowest BCUT2D eigenvalue weighted by molar-refractivity contribution is -0.122. The molecule has 2 aliphatic heterocycles. The second-order valence-corrected chi connectivity index (χ2v) is 7.39. The molecule has 0 aromatic heterocycles. The highest BCUT2D eigenvalue weighted by molar-refractivity contribution is 6.39. The molecule has 7 heteroatoms. The molecule has 2 heterocycles. The third-order valence-corrected chi connectivity index (χ3v) is 5.38. The third-order valence-electron chi connectivity index (χ3n) is 5.38. The van der Waals surface area contributed by atoms with Crippen molar-refractivity contribution in [3.8, 4) is 0 Å². The smallest absolute Gasteiger partial charge is 0.336 e. The van der Waals surface area contributed by atoms with Gasteiger partial charge in [-0.1, -0.05) is 31.5 Å². The summed E-state index contributed by atoms with van der Waals surface area (Å²) in [5, 5.41) is 2.12. The molecule has 30 heavy (non-hydrogen) atoms. The molecule has 0 spiro atoms. The fourth-order valence-corrected chi connectivity index (χ4v) is 3.84. The van der Waals surface area contributed by atoms with Crippen LogP contribution in [0.25, 0.3) is 6.08 Å². The summed E-state index contributed by atoms with van der Waals surface area (Å²) in [5.41, 5.74) is 2.62. The minimum absolute atomic E-state index is 0.195. The van der Waals surface area contributed by atoms with Crippen molar-refractivity contribution in [2.24, 2.45) is 0 Å². The first-order valence-electron chi connectivity index (χ1n) is 10.0. The number of anilines is 2. The fraction of sp³-hybridized carbons (Fsp3) is 0.261. The summed E-state index contributed by atoms with van der Waals surface area (Å²) in [5.74, 6) is -2.36. The van der Waals surface area contributed by atoms with E-state index in [1.54, 1.807) is 0 Å². The van der Waals surface area contributed by atoms with Crippen LogP contribution in [0.15, 0.2) is 48.0 Å². The molecule has 0 saturated carbocycles. The van der Waals surface area contributed by atoms with Gasteiger partial charge in [0.1, 0.15) is 11.4 Å². The Balaban J connectivity index is 1.65. The minimum Gasteiger partial charge on any atom is -0.371 e. The van der Waals surface area contributed by atoms with E-state index in [1.165, 1.54) is 30.0 Å². The number of fused-ring (bicyclic) bond motifs is 1. The number of para-hydroxylation sites is 1. The van der Waals surface area contributed by atoms with Crippen molar-refractivity contribution >= 4 is 35.3 Å². The van der Waals surface area contributed by atoms with Gasteiger partial charge < -0.3 is 4.90 Å². The molecular formula is C23H22FN3O3. The number of urea groups is 1. The highest BCUT2D eigenvalue weighted by Crippen LogP contribution is 2.30. The summed E-state index contributed by atoms with van der Waals surface area (Å²) in [6.45, 7) is 4.11. The van der Waals surface area contributed by atoms with Crippen LogP contribution in [0.3, 0.4) is 0 Å². The van der Waals surface area contributed by atoms with Gasteiger partial charge in [0.05, 0.1) is 5.69 Å². The SMILES string of the molecule is CCCCN1CCc2cc(C=C3C(=O)NC(=O)N(c4ccccc4F)C3=O)ccc21. The topological polar surface area (TPSA) is 69.7 Å². The first-order valence-corrected chi connectivity index (χ1v) is 10.0. The van der Waals surface area contributed by atoms with Crippen LogP contribution in [0.4, 0.5) is 20.6 Å². The number of benzene rings is 2. The zero-order valence-corrected chi connectivity index (χ0v) is 16.7. The second kappa shape index (κ2) is 8.10. The van der Waals surface area contributed by atoms with Crippen LogP contribution < -0.4 is 15.1 Å². The maximum Gasteiger partial charge on any atom is 0.336 e. The molecule has 2 aliphatic rings. The lowest BCUT2D eigenvalue weighted by Gasteiger charge is -2.26. The zero-order chi connectivity index (χ0) is 21.3. The highest BCUT2D eigenvalue weighted by Gasteiger charge is 2.38. The van der Waals surface area contributed by atoms with E-state index in [2.05, 4.69) is 17.1 Å². The molecule has 1 N–H and O–H groups in total. The van der Waals surface area contributed by atoms with E-state index in [0.29, 0.717) is 10.5 Å². The number of carbonyl (C=O) groups excluding carboxylic acids is 3. The number of hydrogen-bond donors (Lipinski definition) is 1. The lowest BCUT2D eigenvalue weighted by Crippen LogP contribution is -2.54. The van der Waals surface area contributed by atoms with Gasteiger partial charge in [0.25, 0.3) is 11.8 Å². The Labute approximate surface area is 174 Å². The number of hydrogen-bond acceptors (Lipinski definition) is 4. The number of nitrogens with zero attached hydrogens (tertiary/aromatic N) is 2. The Kier molecular flexibility index (Phi) is 5.35. The first-order chi connectivity index (χ1) is 14.5. The Morgan fingerprint density at radius 2 is 1.90 bits per heavy atom. The maximum atomic E-state index is 14.2. The van der Waals surface area contributed by atoms with Crippen molar-refractivity contribution in [2.45, 2.75) is 26.2 Å². The van der Waals surface area contributed by atoms with E-state index in [0.717, 1.165) is 44.0 Å². The fourth-order valence-electron chi connectivity index (χ4n) is 3.84. The van der Waals surface area contributed by atoms with Crippen LogP contribution in [-0.2, 0) is 16.0 Å². The standard InChI is InChI=1S/C23H22FN3O3/c1-2-3-11-26-12-10-16-13-15(8-9-19(16)26)14-17-21(28)25-23(30)27(22(17)29)20-7-5-4-6-18(20)24/h4-9,13-14H,2-3,10-12H2,1H3,(H,25,28,30). The second-order valence-electron chi connectivity index (χ2n) is 7.39. The summed E-state index contributed by atoms with van der Waals surface area (Å²) in [6.07, 6.45) is 4.60. The molecule has 6 nitrogen and oxygen atoms in total. The van der Waals surface area contributed by atoms with Crippen molar-refractivity contribution in [2.75, 3.05) is 22.9 Å². The Hall–Kier alpha value is -3.48. The number of unbranched alkanes of at least 4 members (excludes halogenated alkanes) is 1. The summed E-state index contributed by atoms with van der Waals surface area (Å²) in [6, 6.07) is 10.3. The molecule has 0 atom stereocenters. The monoisotopic (exact) mass is 407 g/mol. The number of carbonyl (C=O) groups is 3. The van der Waals surface area contributed by atoms with Crippen molar-refractivity contribution < 1.29 is 18.8 Å². The molecule has 4 rings (SSSR count). The number of amides is 4. The van der Waals surface area contributed by atoms with Crippen LogP contribution in [0.2, 0.25) is 0 Å². The molecule has 0 radical (unpaired) electrons. The molecule has 0 bridgehead atoms. The van der Waals surface area contributed by atoms with E-state index >= 15 is 0 Å². The van der Waals surface area contributed by atoms with Gasteiger partial charge in [0.2, 0.25) is 0 Å². The quantitative estimate of drug-likeness (QED) is 0.607. The van der Waals surface area contributed by atoms with Gasteiger partial charge in [-0.25, -0.2) is 14.1 Å². The number of halogens is 1. The summed E-state index contributed by atoms with van der Waals surface area (Å²) in [7, 11) is 0. The summed E-state index contributed by atoms with van der Waals surface area (Å²) < 4.78 is 14.2. The van der Waals surface area contributed by atoms with Gasteiger partial charge >= 0.3 is 6.03 Å². The molecule has 2 aromatic rings. The summed E-state index contributed by atoms with van der Waals surface area (Å²) >= 11 is 0. The predicted molar refractivity (Wildman–Crippen MR) is 113 cm³/mol. The first kappa shape index (κ1) is 19.8. The average Bonchev–Trinajstić information content (AvgIpc) is 3.13. The van der Waals surface area contributed by atoms with E-state index in [-0.39, 0.29) is 11.3 Å². The minimum atomic E-state index is -0.965. The van der Waals surface area contributed by atoms with E-state index in [4.69, 9.17) is 0 Å². The number of imide groups is 2. The van der Waals surface area contributed by atoms with E-state index < -0.39 is 23.7 Å². The van der Waals surface area contributed by atoms with Crippen molar-refractivity contribution in [3.63, 3.8) is 0 Å². The Morgan fingerprint density at radius 1 is 1.10 bits per heavy atom. The van der Waals surface area contributed by atoms with Crippen molar-refractivity contribution in [1.29, 1.82) is 0 Å². The van der Waals surface area contributed by atoms with E-state index in [1.807, 2.05) is 18.2 Å². The van der Waals surface area contributed by atoms with Crippen molar-refractivity contribution in [3.05, 3.63) is 65.0 Å². The maximum absolute atomic E-state index is 14.2. The van der Waals surface area contributed by atoms with Crippen LogP contribution in [-0.4, -0.2) is 30.9 Å². The van der Waals surface area contributed by atoms with Gasteiger partial charge in [-0.3, -0.25) is 14.9 Å². The molecule has 1 saturated heterocycles. The van der Waals surface area contributed by atoms with E-state index in [9.17, 15) is 18.8 Å². The molecule has 1 fully saturated rings. The van der Waals surface area contributed by atoms with Gasteiger partial charge in [-0.05, 0) is 54.3 Å². The zero-order valence-electron chi connectivity index (χ0n) is 16.7. The predicted octanol–water partition coefficient (Wildman–Crippen LogP) is 3.65. The average molecular weight is 407 g/mol. The lowest BCUT2D eigenvalue weighted by atomic mass is 10.0. The van der Waals surface area contributed by atoms with Gasteiger partial charge in [-0.15, -0.1) is 0 Å². The third kappa shape index (κ3) is 3.58. The van der Waals surface area contributed by atoms with Crippen LogP contribution in [0.5, 0.6) is 0 Å². The molecule has 0 aliphatic carbocycles. The van der Waals surface area contributed by atoms with Crippen molar-refractivity contribution in [1.82, 2.24) is 5.32 Å². The van der Waals surface area contributed by atoms with Gasteiger partial charge in [0, 0.05) is 18.8 Å². The largest absolute Gasteiger partial charge is 0.371 e. The normalized spacial score (nSPS) is 17.5. The molecule has 4 amide bonds. The number of barbiturate groups is 1. The van der Waals surface area contributed by atoms with Crippen LogP contribution in [0.1, 0.15) is 30.9 Å². The molecule has 154 valence electrons. The van der Waals surface area contributed by atoms with Gasteiger partial charge in [-0.2, -0.15) is 0 Å². The molecule has 0 unspecified atom stereocenters. The van der Waals surface area contributed by atoms with Crippen LogP contribution in [0, 0.1) is 5.82 Å². The highest BCUT2D eigenvalue weighted by atomic mass is 19.1. The van der Waals surface area contributed by atoms with Gasteiger partial charge in [0.15, 0.2) is 0 Å². The molecule has 2 aromatic carbocycles.